The van der Waals surface area contributed by atoms with E-state index >= 15 is 0 Å². The van der Waals surface area contributed by atoms with E-state index in [9.17, 15) is 13.2 Å². The molecule has 1 aromatic carbocycles. The summed E-state index contributed by atoms with van der Waals surface area (Å²) in [6, 6.07) is 0.809. The van der Waals surface area contributed by atoms with Crippen LogP contribution in [0.3, 0.4) is 0 Å². The predicted molar refractivity (Wildman–Crippen MR) is 45.6 cm³/mol. The van der Waals surface area contributed by atoms with Gasteiger partial charge in [0.2, 0.25) is 0 Å². The Bertz CT molecular complexity index is 341. The minimum Gasteiger partial charge on any atom is -0.492 e. The lowest BCUT2D eigenvalue weighted by molar-refractivity contribution is 0.317. The summed E-state index contributed by atoms with van der Waals surface area (Å²) in [4.78, 5) is 0. The van der Waals surface area contributed by atoms with Crippen molar-refractivity contribution in [3.05, 3.63) is 29.1 Å². The average molecular weight is 205 g/mol. The number of hydrogen-bond acceptors (Lipinski definition) is 2. The fourth-order valence-electron chi connectivity index (χ4n) is 0.983. The number of hydrogen-bond donors (Lipinski definition) is 1. The van der Waals surface area contributed by atoms with Crippen LogP contribution in [0.2, 0.25) is 0 Å². The Morgan fingerprint density at radius 1 is 1.29 bits per heavy atom. The van der Waals surface area contributed by atoms with Crippen molar-refractivity contribution in [2.24, 2.45) is 5.73 Å². The van der Waals surface area contributed by atoms with E-state index in [0.717, 1.165) is 6.07 Å². The summed E-state index contributed by atoms with van der Waals surface area (Å²) in [5.74, 6) is -3.99. The summed E-state index contributed by atoms with van der Waals surface area (Å²) in [7, 11) is 0. The van der Waals surface area contributed by atoms with Gasteiger partial charge in [-0.1, -0.05) is 0 Å². The van der Waals surface area contributed by atoms with Gasteiger partial charge in [-0.2, -0.15) is 0 Å². The molecule has 0 radical (unpaired) electrons. The largest absolute Gasteiger partial charge is 0.492 e. The first-order valence-electron chi connectivity index (χ1n) is 4.05. The van der Waals surface area contributed by atoms with Crippen LogP contribution in [0.25, 0.3) is 0 Å². The standard InChI is InChI=1S/C9H10F3NO/c1-5-7(14-3-2-13)4-6(10)9(12)8(5)11/h4H,2-3,13H2,1H3. The molecule has 0 saturated heterocycles. The minimum atomic E-state index is -1.48. The van der Waals surface area contributed by atoms with E-state index in [1.165, 1.54) is 6.92 Å². The zero-order valence-electron chi connectivity index (χ0n) is 7.61. The van der Waals surface area contributed by atoms with Crippen LogP contribution < -0.4 is 10.5 Å². The lowest BCUT2D eigenvalue weighted by Gasteiger charge is -2.09. The van der Waals surface area contributed by atoms with Crippen LogP contribution in [-0.4, -0.2) is 13.2 Å². The number of rotatable bonds is 3. The molecule has 78 valence electrons. The van der Waals surface area contributed by atoms with Gasteiger partial charge in [-0.05, 0) is 6.92 Å². The van der Waals surface area contributed by atoms with Crippen LogP contribution in [0.15, 0.2) is 6.07 Å². The normalized spacial score (nSPS) is 10.4. The summed E-state index contributed by atoms with van der Waals surface area (Å²) < 4.78 is 43.3. The Kier molecular flexibility index (Phi) is 3.35. The maximum absolute atomic E-state index is 13.0. The highest BCUT2D eigenvalue weighted by Gasteiger charge is 2.16. The maximum Gasteiger partial charge on any atom is 0.194 e. The zero-order valence-corrected chi connectivity index (χ0v) is 7.61. The maximum atomic E-state index is 13.0. The average Bonchev–Trinajstić information content (AvgIpc) is 2.18. The monoisotopic (exact) mass is 205 g/mol. The lowest BCUT2D eigenvalue weighted by Crippen LogP contribution is -2.12. The van der Waals surface area contributed by atoms with Crippen molar-refractivity contribution in [3.63, 3.8) is 0 Å². The van der Waals surface area contributed by atoms with Gasteiger partial charge in [-0.15, -0.1) is 0 Å². The molecule has 0 spiro atoms. The molecule has 2 nitrogen and oxygen atoms in total. The summed E-state index contributed by atoms with van der Waals surface area (Å²) in [6.07, 6.45) is 0. The molecular weight excluding hydrogens is 195 g/mol. The van der Waals surface area contributed by atoms with Gasteiger partial charge in [-0.3, -0.25) is 0 Å². The van der Waals surface area contributed by atoms with Crippen LogP contribution in [0.5, 0.6) is 5.75 Å². The van der Waals surface area contributed by atoms with Crippen molar-refractivity contribution in [2.45, 2.75) is 6.92 Å². The van der Waals surface area contributed by atoms with Crippen LogP contribution in [0.1, 0.15) is 5.56 Å². The molecular formula is C9H10F3NO. The van der Waals surface area contributed by atoms with Crippen molar-refractivity contribution in [3.8, 4) is 5.75 Å². The molecule has 14 heavy (non-hydrogen) atoms. The molecule has 0 unspecified atom stereocenters. The first-order valence-corrected chi connectivity index (χ1v) is 4.05. The highest BCUT2D eigenvalue weighted by atomic mass is 19.2. The number of nitrogens with two attached hydrogens (primary N) is 1. The van der Waals surface area contributed by atoms with E-state index in [2.05, 4.69) is 0 Å². The summed E-state index contributed by atoms with van der Waals surface area (Å²) in [5.41, 5.74) is 5.09. The van der Waals surface area contributed by atoms with Gasteiger partial charge in [0.25, 0.3) is 0 Å². The molecule has 1 aromatic rings. The lowest BCUT2D eigenvalue weighted by atomic mass is 10.2. The van der Waals surface area contributed by atoms with Crippen LogP contribution in [0.4, 0.5) is 13.2 Å². The molecule has 0 aromatic heterocycles. The highest BCUT2D eigenvalue weighted by Crippen LogP contribution is 2.25. The molecule has 1 rings (SSSR count). The van der Waals surface area contributed by atoms with Crippen LogP contribution in [-0.2, 0) is 0 Å². The molecule has 0 amide bonds. The summed E-state index contributed by atoms with van der Waals surface area (Å²) >= 11 is 0. The number of benzene rings is 1. The van der Waals surface area contributed by atoms with E-state index in [4.69, 9.17) is 10.5 Å². The third kappa shape index (κ3) is 1.98. The highest BCUT2D eigenvalue weighted by molar-refractivity contribution is 5.34. The van der Waals surface area contributed by atoms with Crippen molar-refractivity contribution in [1.82, 2.24) is 0 Å². The third-order valence-corrected chi connectivity index (χ3v) is 1.73. The van der Waals surface area contributed by atoms with Crippen molar-refractivity contribution < 1.29 is 17.9 Å². The molecule has 0 aliphatic carbocycles. The van der Waals surface area contributed by atoms with Gasteiger partial charge in [0.15, 0.2) is 17.5 Å². The SMILES string of the molecule is Cc1c(OCCN)cc(F)c(F)c1F. The quantitative estimate of drug-likeness (QED) is 0.763. The van der Waals surface area contributed by atoms with Gasteiger partial charge in [0.05, 0.1) is 0 Å². The van der Waals surface area contributed by atoms with Crippen LogP contribution >= 0.6 is 0 Å². The second-order valence-electron chi connectivity index (χ2n) is 2.75. The Hall–Kier alpha value is -1.23. The van der Waals surface area contributed by atoms with E-state index in [0.29, 0.717) is 0 Å². The fraction of sp³-hybridized carbons (Fsp3) is 0.333. The Morgan fingerprint density at radius 2 is 1.93 bits per heavy atom. The van der Waals surface area contributed by atoms with Gasteiger partial charge < -0.3 is 10.5 Å². The van der Waals surface area contributed by atoms with Crippen molar-refractivity contribution in [2.75, 3.05) is 13.2 Å². The van der Waals surface area contributed by atoms with Gasteiger partial charge in [-0.25, -0.2) is 13.2 Å². The number of ether oxygens (including phenoxy) is 1. The second kappa shape index (κ2) is 4.32. The minimum absolute atomic E-state index is 0.0214. The van der Waals surface area contributed by atoms with Crippen molar-refractivity contribution in [1.29, 1.82) is 0 Å². The fourth-order valence-corrected chi connectivity index (χ4v) is 0.983. The summed E-state index contributed by atoms with van der Waals surface area (Å²) in [5, 5.41) is 0. The first kappa shape index (κ1) is 10.8. The van der Waals surface area contributed by atoms with Gasteiger partial charge in [0.1, 0.15) is 12.4 Å². The molecule has 0 saturated carbocycles. The molecule has 0 fully saturated rings. The van der Waals surface area contributed by atoms with Gasteiger partial charge >= 0.3 is 0 Å². The second-order valence-corrected chi connectivity index (χ2v) is 2.75. The first-order chi connectivity index (χ1) is 6.57. The van der Waals surface area contributed by atoms with Gasteiger partial charge in [0, 0.05) is 18.2 Å². The van der Waals surface area contributed by atoms with Crippen LogP contribution in [0, 0.1) is 24.4 Å². The molecule has 0 aliphatic heterocycles. The topological polar surface area (TPSA) is 35.2 Å². The molecule has 5 heteroatoms. The molecule has 2 N–H and O–H groups in total. The van der Waals surface area contributed by atoms with E-state index in [-0.39, 0.29) is 24.5 Å². The Labute approximate surface area is 79.5 Å². The van der Waals surface area contributed by atoms with E-state index in [1.54, 1.807) is 0 Å². The number of halogens is 3. The Balaban J connectivity index is 3.06. The summed E-state index contributed by atoms with van der Waals surface area (Å²) in [6.45, 7) is 1.66. The third-order valence-electron chi connectivity index (χ3n) is 1.73. The predicted octanol–water partition coefficient (Wildman–Crippen LogP) is 1.75. The van der Waals surface area contributed by atoms with E-state index < -0.39 is 17.5 Å². The molecule has 0 atom stereocenters. The molecule has 0 aliphatic rings. The van der Waals surface area contributed by atoms with E-state index in [1.807, 2.05) is 0 Å². The molecule has 0 bridgehead atoms. The van der Waals surface area contributed by atoms with Crippen molar-refractivity contribution >= 4 is 0 Å². The molecule has 0 heterocycles. The smallest absolute Gasteiger partial charge is 0.194 e. The Morgan fingerprint density at radius 3 is 2.50 bits per heavy atom. The zero-order chi connectivity index (χ0) is 10.7.